The molecule has 0 radical (unpaired) electrons. The fourth-order valence-corrected chi connectivity index (χ4v) is 2.99. The van der Waals surface area contributed by atoms with E-state index in [1.54, 1.807) is 36.5 Å². The lowest BCUT2D eigenvalue weighted by atomic mass is 10.1. The second-order valence-corrected chi connectivity index (χ2v) is 6.78. The van der Waals surface area contributed by atoms with E-state index in [4.69, 9.17) is 16.3 Å². The molecule has 0 aliphatic rings. The number of hydrogen-bond acceptors (Lipinski definition) is 3. The maximum Gasteiger partial charge on any atom is 0.274 e. The molecule has 0 aliphatic carbocycles. The number of hydrogen-bond donors (Lipinski definition) is 1. The molecular formula is C23H18ClN3O2. The highest BCUT2D eigenvalue weighted by atomic mass is 35.5. The molecule has 3 aromatic carbocycles. The summed E-state index contributed by atoms with van der Waals surface area (Å²) in [5, 5.41) is 7.70. The van der Waals surface area contributed by atoms with Gasteiger partial charge in [-0.3, -0.25) is 4.79 Å². The van der Waals surface area contributed by atoms with Crippen molar-refractivity contribution < 1.29 is 9.53 Å². The first-order valence-corrected chi connectivity index (χ1v) is 9.44. The first-order valence-electron chi connectivity index (χ1n) is 9.06. The van der Waals surface area contributed by atoms with Gasteiger partial charge >= 0.3 is 0 Å². The molecule has 0 fully saturated rings. The van der Waals surface area contributed by atoms with Crippen LogP contribution in [-0.4, -0.2) is 15.7 Å². The summed E-state index contributed by atoms with van der Waals surface area (Å²) in [4.78, 5) is 12.7. The maximum atomic E-state index is 12.7. The van der Waals surface area contributed by atoms with Gasteiger partial charge in [0.05, 0.1) is 0 Å². The molecule has 144 valence electrons. The van der Waals surface area contributed by atoms with Crippen molar-refractivity contribution in [1.29, 1.82) is 0 Å². The molecule has 29 heavy (non-hydrogen) atoms. The van der Waals surface area contributed by atoms with Crippen LogP contribution in [0, 0.1) is 0 Å². The second-order valence-electron chi connectivity index (χ2n) is 6.34. The molecule has 4 aromatic rings. The average molecular weight is 404 g/mol. The molecule has 4 rings (SSSR count). The molecule has 1 aromatic heterocycles. The Hall–Kier alpha value is -3.57. The lowest BCUT2D eigenvalue weighted by Gasteiger charge is -2.10. The van der Waals surface area contributed by atoms with Gasteiger partial charge in [-0.2, -0.15) is 5.10 Å². The Balaban J connectivity index is 1.41. The number of carbonyl (C=O) groups is 1. The highest BCUT2D eigenvalue weighted by Crippen LogP contribution is 2.21. The molecule has 0 saturated carbocycles. The van der Waals surface area contributed by atoms with Crippen molar-refractivity contribution in [2.24, 2.45) is 0 Å². The zero-order valence-electron chi connectivity index (χ0n) is 15.5. The number of ether oxygens (including phenoxy) is 1. The Morgan fingerprint density at radius 2 is 1.59 bits per heavy atom. The Labute approximate surface area is 173 Å². The molecule has 0 spiro atoms. The number of nitrogens with zero attached hydrogens (tertiary/aromatic N) is 2. The minimum atomic E-state index is -0.255. The molecule has 0 bridgehead atoms. The molecule has 5 nitrogen and oxygen atoms in total. The normalized spacial score (nSPS) is 10.5. The van der Waals surface area contributed by atoms with Gasteiger partial charge in [0.1, 0.15) is 11.4 Å². The van der Waals surface area contributed by atoms with Gasteiger partial charge < -0.3 is 10.1 Å². The minimum absolute atomic E-state index is 0.115. The fraction of sp³-hybridized carbons (Fsp3) is 0.0435. The Morgan fingerprint density at radius 1 is 0.897 bits per heavy atom. The summed E-state index contributed by atoms with van der Waals surface area (Å²) in [6.45, 7) is 0.115. The van der Waals surface area contributed by atoms with Crippen LogP contribution >= 0.6 is 11.6 Å². The van der Waals surface area contributed by atoms with E-state index >= 15 is 0 Å². The summed E-state index contributed by atoms with van der Waals surface area (Å²) in [6, 6.07) is 26.5. The number of rotatable bonds is 6. The van der Waals surface area contributed by atoms with E-state index in [9.17, 15) is 4.79 Å². The molecule has 0 unspecified atom stereocenters. The van der Waals surface area contributed by atoms with Crippen LogP contribution in [-0.2, 0) is 6.73 Å². The number of carbonyl (C=O) groups excluding carboxylic acids is 1. The van der Waals surface area contributed by atoms with Gasteiger partial charge in [-0.15, -0.1) is 0 Å². The number of amides is 1. The molecule has 0 atom stereocenters. The van der Waals surface area contributed by atoms with Crippen molar-refractivity contribution in [2.45, 2.75) is 6.73 Å². The summed E-state index contributed by atoms with van der Waals surface area (Å²) < 4.78 is 7.18. The van der Waals surface area contributed by atoms with Gasteiger partial charge in [-0.1, -0.05) is 54.1 Å². The molecule has 1 N–H and O–H groups in total. The zero-order valence-corrected chi connectivity index (χ0v) is 16.2. The Kier molecular flexibility index (Phi) is 5.59. The van der Waals surface area contributed by atoms with Crippen LogP contribution in [0.1, 0.15) is 10.5 Å². The lowest BCUT2D eigenvalue weighted by Crippen LogP contribution is -2.19. The monoisotopic (exact) mass is 403 g/mol. The van der Waals surface area contributed by atoms with Crippen molar-refractivity contribution in [1.82, 2.24) is 9.78 Å². The van der Waals surface area contributed by atoms with Crippen LogP contribution in [0.3, 0.4) is 0 Å². The van der Waals surface area contributed by atoms with Gasteiger partial charge in [-0.25, -0.2) is 4.68 Å². The predicted molar refractivity (Wildman–Crippen MR) is 114 cm³/mol. The predicted octanol–water partition coefficient (Wildman–Crippen LogP) is 5.49. The smallest absolute Gasteiger partial charge is 0.274 e. The fourth-order valence-electron chi connectivity index (χ4n) is 2.87. The van der Waals surface area contributed by atoms with Crippen molar-refractivity contribution in [3.8, 4) is 16.9 Å². The summed E-state index contributed by atoms with van der Waals surface area (Å²) in [5.41, 5.74) is 3.33. The van der Waals surface area contributed by atoms with Crippen LogP contribution in [0.25, 0.3) is 11.1 Å². The van der Waals surface area contributed by atoms with Crippen molar-refractivity contribution in [3.05, 3.63) is 102 Å². The molecule has 6 heteroatoms. The Morgan fingerprint density at radius 3 is 2.31 bits per heavy atom. The molecule has 0 saturated heterocycles. The van der Waals surface area contributed by atoms with Gasteiger partial charge in [0.2, 0.25) is 0 Å². The van der Waals surface area contributed by atoms with E-state index < -0.39 is 0 Å². The van der Waals surface area contributed by atoms with Gasteiger partial charge in [0.15, 0.2) is 6.73 Å². The SMILES string of the molecule is O=C(Nc1ccc(-c2ccccc2)cc1)c1ccnn1COc1ccc(Cl)cc1. The summed E-state index contributed by atoms with van der Waals surface area (Å²) in [5.74, 6) is 0.391. The zero-order chi connectivity index (χ0) is 20.1. The van der Waals surface area contributed by atoms with E-state index in [2.05, 4.69) is 10.4 Å². The number of anilines is 1. The van der Waals surface area contributed by atoms with E-state index in [1.165, 1.54) is 4.68 Å². The second kappa shape index (κ2) is 8.63. The lowest BCUT2D eigenvalue weighted by molar-refractivity contribution is 0.100. The third kappa shape index (κ3) is 4.65. The van der Waals surface area contributed by atoms with Crippen LogP contribution in [0.2, 0.25) is 5.02 Å². The van der Waals surface area contributed by atoms with Gasteiger partial charge in [-0.05, 0) is 53.6 Å². The molecular weight excluding hydrogens is 386 g/mol. The average Bonchev–Trinajstić information content (AvgIpc) is 3.23. The summed E-state index contributed by atoms with van der Waals surface area (Å²) >= 11 is 5.87. The van der Waals surface area contributed by atoms with Crippen LogP contribution < -0.4 is 10.1 Å². The molecule has 1 amide bonds. The first kappa shape index (κ1) is 18.8. The summed E-state index contributed by atoms with van der Waals surface area (Å²) in [6.07, 6.45) is 1.57. The van der Waals surface area contributed by atoms with E-state index in [0.717, 1.165) is 11.1 Å². The van der Waals surface area contributed by atoms with Crippen molar-refractivity contribution in [3.63, 3.8) is 0 Å². The van der Waals surface area contributed by atoms with E-state index in [1.807, 2.05) is 54.6 Å². The van der Waals surface area contributed by atoms with E-state index in [-0.39, 0.29) is 12.6 Å². The van der Waals surface area contributed by atoms with Crippen molar-refractivity contribution >= 4 is 23.2 Å². The first-order chi connectivity index (χ1) is 14.2. The van der Waals surface area contributed by atoms with Gasteiger partial charge in [0, 0.05) is 16.9 Å². The van der Waals surface area contributed by atoms with Gasteiger partial charge in [0.25, 0.3) is 5.91 Å². The number of nitrogens with one attached hydrogen (secondary N) is 1. The largest absolute Gasteiger partial charge is 0.471 e. The summed E-state index contributed by atoms with van der Waals surface area (Å²) in [7, 11) is 0. The third-order valence-corrected chi connectivity index (χ3v) is 4.62. The van der Waals surface area contributed by atoms with Crippen molar-refractivity contribution in [2.75, 3.05) is 5.32 Å². The number of benzene rings is 3. The minimum Gasteiger partial charge on any atom is -0.471 e. The topological polar surface area (TPSA) is 56.2 Å². The molecule has 0 aliphatic heterocycles. The third-order valence-electron chi connectivity index (χ3n) is 4.37. The highest BCUT2D eigenvalue weighted by molar-refractivity contribution is 6.30. The van der Waals surface area contributed by atoms with Crippen LogP contribution in [0.15, 0.2) is 91.1 Å². The van der Waals surface area contributed by atoms with E-state index in [0.29, 0.717) is 22.2 Å². The maximum absolute atomic E-state index is 12.7. The quantitative estimate of drug-likeness (QED) is 0.463. The number of aromatic nitrogens is 2. The van der Waals surface area contributed by atoms with Crippen LogP contribution in [0.5, 0.6) is 5.75 Å². The molecule has 1 heterocycles. The standard InChI is InChI=1S/C23H18ClN3O2/c24-19-8-12-21(13-9-19)29-16-27-22(14-15-25-27)23(28)26-20-10-6-18(7-11-20)17-4-2-1-3-5-17/h1-15H,16H2,(H,26,28). The number of halogens is 1. The van der Waals surface area contributed by atoms with Crippen LogP contribution in [0.4, 0.5) is 5.69 Å². The Bertz CT molecular complexity index is 1090. The highest BCUT2D eigenvalue weighted by Gasteiger charge is 2.13.